The summed E-state index contributed by atoms with van der Waals surface area (Å²) in [6.45, 7) is 0.416. The molecule has 0 radical (unpaired) electrons. The van der Waals surface area contributed by atoms with Gasteiger partial charge in [-0.05, 0) is 29.8 Å². The number of rotatable bonds is 6. The van der Waals surface area contributed by atoms with Crippen molar-refractivity contribution in [2.24, 2.45) is 0 Å². The van der Waals surface area contributed by atoms with Gasteiger partial charge in [-0.25, -0.2) is 8.78 Å². The number of ether oxygens (including phenoxy) is 1. The van der Waals surface area contributed by atoms with Crippen LogP contribution in [-0.4, -0.2) is 12.4 Å². The Balaban J connectivity index is 1.78. The van der Waals surface area contributed by atoms with Crippen LogP contribution in [0.5, 0.6) is 5.75 Å². The first kappa shape index (κ1) is 15.3. The lowest BCUT2D eigenvalue weighted by atomic mass is 10.2. The zero-order chi connectivity index (χ0) is 15.1. The van der Waals surface area contributed by atoms with Crippen molar-refractivity contribution >= 4 is 11.8 Å². The van der Waals surface area contributed by atoms with E-state index >= 15 is 0 Å². The van der Waals surface area contributed by atoms with E-state index < -0.39 is 11.6 Å². The molecular weight excluding hydrogens is 292 g/mol. The van der Waals surface area contributed by atoms with Gasteiger partial charge in [0.25, 0.3) is 0 Å². The highest BCUT2D eigenvalue weighted by Gasteiger charge is 2.04. The van der Waals surface area contributed by atoms with E-state index in [-0.39, 0.29) is 0 Å². The average molecular weight is 305 g/mol. The van der Waals surface area contributed by atoms with Crippen LogP contribution in [0.1, 0.15) is 5.56 Å². The van der Waals surface area contributed by atoms with Crippen molar-refractivity contribution < 1.29 is 13.5 Å². The van der Waals surface area contributed by atoms with Crippen LogP contribution in [0.3, 0.4) is 0 Å². The Hall–Kier alpha value is -2.06. The highest BCUT2D eigenvalue weighted by molar-refractivity contribution is 7.99. The van der Waals surface area contributed by atoms with Crippen LogP contribution in [0.15, 0.2) is 47.4 Å². The van der Waals surface area contributed by atoms with Crippen LogP contribution in [0.2, 0.25) is 0 Å². The van der Waals surface area contributed by atoms with E-state index in [2.05, 4.69) is 6.07 Å². The van der Waals surface area contributed by atoms with Crippen LogP contribution < -0.4 is 4.74 Å². The smallest absolute Gasteiger partial charge is 0.139 e. The molecule has 2 nitrogen and oxygen atoms in total. The second-order valence-corrected chi connectivity index (χ2v) is 5.39. The summed E-state index contributed by atoms with van der Waals surface area (Å²) < 4.78 is 31.7. The van der Waals surface area contributed by atoms with Gasteiger partial charge in [-0.3, -0.25) is 0 Å². The maximum absolute atomic E-state index is 13.4. The Kier molecular flexibility index (Phi) is 5.59. The molecule has 0 saturated heterocycles. The summed E-state index contributed by atoms with van der Waals surface area (Å²) in [7, 11) is 0. The maximum Gasteiger partial charge on any atom is 0.139 e. The van der Waals surface area contributed by atoms with Gasteiger partial charge in [0, 0.05) is 16.7 Å². The molecule has 0 spiro atoms. The molecular formula is C16H13F2NOS. The zero-order valence-electron chi connectivity index (χ0n) is 11.2. The molecule has 2 aromatic carbocycles. The number of hydrogen-bond acceptors (Lipinski definition) is 3. The molecule has 0 atom stereocenters. The highest BCUT2D eigenvalue weighted by atomic mass is 32.2. The average Bonchev–Trinajstić information content (AvgIpc) is 2.47. The molecule has 0 aliphatic heterocycles. The zero-order valence-corrected chi connectivity index (χ0v) is 12.0. The number of nitrogens with zero attached hydrogens (tertiary/aromatic N) is 1. The van der Waals surface area contributed by atoms with E-state index in [0.29, 0.717) is 29.4 Å². The summed E-state index contributed by atoms with van der Waals surface area (Å²) in [5.41, 5.74) is 0.938. The third-order valence-electron chi connectivity index (χ3n) is 2.71. The molecule has 108 valence electrons. The normalized spacial score (nSPS) is 10.1. The van der Waals surface area contributed by atoms with Crippen LogP contribution in [0, 0.1) is 23.0 Å². The van der Waals surface area contributed by atoms with Crippen LogP contribution in [0.25, 0.3) is 0 Å². The standard InChI is InChI=1S/C16H13F2NOS/c17-13-3-6-16(15(18)11-13)21-10-9-20-14-4-1-12(2-5-14)7-8-19/h1-6,11H,7,9-10H2. The van der Waals surface area contributed by atoms with Gasteiger partial charge >= 0.3 is 0 Å². The first-order valence-electron chi connectivity index (χ1n) is 6.35. The molecule has 2 aromatic rings. The minimum atomic E-state index is -0.578. The SMILES string of the molecule is N#CCc1ccc(OCCSc2ccc(F)cc2F)cc1. The van der Waals surface area contributed by atoms with Gasteiger partial charge in [0.2, 0.25) is 0 Å². The predicted molar refractivity (Wildman–Crippen MR) is 78.3 cm³/mol. The Morgan fingerprint density at radius 1 is 1.10 bits per heavy atom. The molecule has 0 bridgehead atoms. The molecule has 0 unspecified atom stereocenters. The quantitative estimate of drug-likeness (QED) is 0.592. The Labute approximate surface area is 126 Å². The summed E-state index contributed by atoms with van der Waals surface area (Å²) in [4.78, 5) is 0.407. The molecule has 0 aliphatic carbocycles. The first-order valence-corrected chi connectivity index (χ1v) is 7.34. The van der Waals surface area contributed by atoms with Crippen molar-refractivity contribution in [1.82, 2.24) is 0 Å². The van der Waals surface area contributed by atoms with E-state index in [1.165, 1.54) is 23.9 Å². The lowest BCUT2D eigenvalue weighted by molar-refractivity contribution is 0.344. The number of nitriles is 1. The van der Waals surface area contributed by atoms with Crippen molar-refractivity contribution in [1.29, 1.82) is 5.26 Å². The van der Waals surface area contributed by atoms with Gasteiger partial charge in [0.05, 0.1) is 19.1 Å². The third-order valence-corrected chi connectivity index (χ3v) is 3.72. The Bertz CT molecular complexity index is 638. The molecule has 21 heavy (non-hydrogen) atoms. The lowest BCUT2D eigenvalue weighted by Crippen LogP contribution is -2.00. The van der Waals surface area contributed by atoms with Crippen molar-refractivity contribution in [3.8, 4) is 11.8 Å². The molecule has 0 fully saturated rings. The summed E-state index contributed by atoms with van der Waals surface area (Å²) in [6, 6.07) is 12.9. The summed E-state index contributed by atoms with van der Waals surface area (Å²) in [5, 5.41) is 8.57. The van der Waals surface area contributed by atoms with E-state index in [0.717, 1.165) is 11.6 Å². The monoisotopic (exact) mass is 305 g/mol. The largest absolute Gasteiger partial charge is 0.493 e. The second-order valence-electron chi connectivity index (χ2n) is 4.25. The van der Waals surface area contributed by atoms with Crippen molar-refractivity contribution in [2.75, 3.05) is 12.4 Å². The lowest BCUT2D eigenvalue weighted by Gasteiger charge is -2.07. The third kappa shape index (κ3) is 4.76. The molecule has 0 aliphatic rings. The summed E-state index contributed by atoms with van der Waals surface area (Å²) in [5.74, 6) is 0.131. The van der Waals surface area contributed by atoms with Crippen molar-refractivity contribution in [3.05, 3.63) is 59.7 Å². The first-order chi connectivity index (χ1) is 10.2. The molecule has 2 rings (SSSR count). The fourth-order valence-corrected chi connectivity index (χ4v) is 2.45. The van der Waals surface area contributed by atoms with Crippen molar-refractivity contribution in [2.45, 2.75) is 11.3 Å². The number of benzene rings is 2. The van der Waals surface area contributed by atoms with Gasteiger partial charge in [-0.2, -0.15) is 5.26 Å². The number of halogens is 2. The van der Waals surface area contributed by atoms with Crippen LogP contribution in [0.4, 0.5) is 8.78 Å². The molecule has 0 saturated carbocycles. The van der Waals surface area contributed by atoms with Gasteiger partial charge in [0.1, 0.15) is 17.4 Å². The minimum Gasteiger partial charge on any atom is -0.493 e. The topological polar surface area (TPSA) is 33.0 Å². The molecule has 0 amide bonds. The Morgan fingerprint density at radius 2 is 1.86 bits per heavy atom. The van der Waals surface area contributed by atoms with Gasteiger partial charge < -0.3 is 4.74 Å². The summed E-state index contributed by atoms with van der Waals surface area (Å²) >= 11 is 1.28. The van der Waals surface area contributed by atoms with Crippen molar-refractivity contribution in [3.63, 3.8) is 0 Å². The second kappa shape index (κ2) is 7.65. The number of thioether (sulfide) groups is 1. The molecule has 0 N–H and O–H groups in total. The van der Waals surface area contributed by atoms with E-state index in [4.69, 9.17) is 10.00 Å². The fourth-order valence-electron chi connectivity index (χ4n) is 1.70. The minimum absolute atomic E-state index is 0.375. The molecule has 0 heterocycles. The van der Waals surface area contributed by atoms with E-state index in [1.54, 1.807) is 12.1 Å². The van der Waals surface area contributed by atoms with Gasteiger partial charge in [0.15, 0.2) is 0 Å². The van der Waals surface area contributed by atoms with E-state index in [1.807, 2.05) is 12.1 Å². The summed E-state index contributed by atoms with van der Waals surface area (Å²) in [6.07, 6.45) is 0.375. The van der Waals surface area contributed by atoms with E-state index in [9.17, 15) is 8.78 Å². The van der Waals surface area contributed by atoms with Gasteiger partial charge in [-0.15, -0.1) is 11.8 Å². The maximum atomic E-state index is 13.4. The molecule has 5 heteroatoms. The number of hydrogen-bond donors (Lipinski definition) is 0. The Morgan fingerprint density at radius 3 is 2.52 bits per heavy atom. The van der Waals surface area contributed by atoms with Gasteiger partial charge in [-0.1, -0.05) is 12.1 Å². The fraction of sp³-hybridized carbons (Fsp3) is 0.188. The molecule has 0 aromatic heterocycles. The van der Waals surface area contributed by atoms with Crippen LogP contribution in [-0.2, 0) is 6.42 Å². The highest BCUT2D eigenvalue weighted by Crippen LogP contribution is 2.22. The predicted octanol–water partition coefficient (Wildman–Crippen LogP) is 4.20. The van der Waals surface area contributed by atoms with Crippen LogP contribution >= 0.6 is 11.8 Å².